The third-order valence-electron chi connectivity index (χ3n) is 4.33. The standard InChI is InChI=1S/C14H25NO2/c1-2-11-15(12-7-8-12)14(13(16)17)9-5-3-4-6-10-14/h12H,2-11H2,1H3,(H,16,17). The largest absolute Gasteiger partial charge is 0.480 e. The van der Waals surface area contributed by atoms with E-state index >= 15 is 0 Å². The molecule has 1 N–H and O–H groups in total. The normalized spacial score (nSPS) is 24.6. The topological polar surface area (TPSA) is 40.5 Å². The van der Waals surface area contributed by atoms with E-state index in [1.807, 2.05) is 0 Å². The molecule has 0 radical (unpaired) electrons. The quantitative estimate of drug-likeness (QED) is 0.750. The number of hydrogen-bond acceptors (Lipinski definition) is 2. The first-order valence-corrected chi connectivity index (χ1v) is 7.21. The smallest absolute Gasteiger partial charge is 0.324 e. The molecular weight excluding hydrogens is 214 g/mol. The summed E-state index contributed by atoms with van der Waals surface area (Å²) < 4.78 is 0. The van der Waals surface area contributed by atoms with E-state index in [1.54, 1.807) is 0 Å². The lowest BCUT2D eigenvalue weighted by molar-refractivity contribution is -0.153. The van der Waals surface area contributed by atoms with Crippen LogP contribution in [0.1, 0.15) is 64.7 Å². The summed E-state index contributed by atoms with van der Waals surface area (Å²) in [4.78, 5) is 14.2. The van der Waals surface area contributed by atoms with Crippen molar-refractivity contribution in [3.63, 3.8) is 0 Å². The van der Waals surface area contributed by atoms with Gasteiger partial charge >= 0.3 is 5.97 Å². The zero-order chi connectivity index (χ0) is 12.3. The Morgan fingerprint density at radius 2 is 1.82 bits per heavy atom. The van der Waals surface area contributed by atoms with Gasteiger partial charge < -0.3 is 5.11 Å². The number of carboxylic acid groups (broad SMARTS) is 1. The Morgan fingerprint density at radius 3 is 2.24 bits per heavy atom. The summed E-state index contributed by atoms with van der Waals surface area (Å²) in [6.07, 6.45) is 9.77. The summed E-state index contributed by atoms with van der Waals surface area (Å²) in [5, 5.41) is 9.75. The van der Waals surface area contributed by atoms with E-state index in [2.05, 4.69) is 11.8 Å². The van der Waals surface area contributed by atoms with E-state index < -0.39 is 11.5 Å². The van der Waals surface area contributed by atoms with Gasteiger partial charge in [0.25, 0.3) is 0 Å². The maximum absolute atomic E-state index is 11.8. The average Bonchev–Trinajstić information content (AvgIpc) is 3.13. The van der Waals surface area contributed by atoms with Gasteiger partial charge in [-0.1, -0.05) is 32.6 Å². The average molecular weight is 239 g/mol. The first kappa shape index (κ1) is 12.9. The van der Waals surface area contributed by atoms with Gasteiger partial charge in [0.1, 0.15) is 5.54 Å². The maximum Gasteiger partial charge on any atom is 0.324 e. The van der Waals surface area contributed by atoms with Crippen LogP contribution in [0.2, 0.25) is 0 Å². The lowest BCUT2D eigenvalue weighted by Crippen LogP contribution is -2.55. The van der Waals surface area contributed by atoms with E-state index in [0.29, 0.717) is 6.04 Å². The van der Waals surface area contributed by atoms with Gasteiger partial charge in [0.05, 0.1) is 0 Å². The molecule has 0 heterocycles. The van der Waals surface area contributed by atoms with Gasteiger partial charge in [-0.2, -0.15) is 0 Å². The monoisotopic (exact) mass is 239 g/mol. The van der Waals surface area contributed by atoms with E-state index in [1.165, 1.54) is 25.7 Å². The summed E-state index contributed by atoms with van der Waals surface area (Å²) >= 11 is 0. The van der Waals surface area contributed by atoms with E-state index in [0.717, 1.165) is 38.6 Å². The highest BCUT2D eigenvalue weighted by molar-refractivity contribution is 5.79. The van der Waals surface area contributed by atoms with Gasteiger partial charge in [0.15, 0.2) is 0 Å². The van der Waals surface area contributed by atoms with Crippen LogP contribution in [0, 0.1) is 0 Å². The molecule has 2 saturated carbocycles. The van der Waals surface area contributed by atoms with Crippen molar-refractivity contribution in [2.75, 3.05) is 6.54 Å². The molecule has 3 heteroatoms. The van der Waals surface area contributed by atoms with Crippen molar-refractivity contribution >= 4 is 5.97 Å². The number of carbonyl (C=O) groups is 1. The molecule has 0 aromatic heterocycles. The molecule has 2 aliphatic rings. The Hall–Kier alpha value is -0.570. The fourth-order valence-electron chi connectivity index (χ4n) is 3.31. The van der Waals surface area contributed by atoms with Gasteiger partial charge in [-0.3, -0.25) is 9.69 Å². The van der Waals surface area contributed by atoms with Crippen LogP contribution in [-0.2, 0) is 4.79 Å². The molecule has 0 spiro atoms. The van der Waals surface area contributed by atoms with Gasteiger partial charge in [0.2, 0.25) is 0 Å². The van der Waals surface area contributed by atoms with Crippen LogP contribution >= 0.6 is 0 Å². The van der Waals surface area contributed by atoms with Gasteiger partial charge in [-0.25, -0.2) is 0 Å². The number of hydrogen-bond donors (Lipinski definition) is 1. The fraction of sp³-hybridized carbons (Fsp3) is 0.929. The molecule has 0 bridgehead atoms. The van der Waals surface area contributed by atoms with Gasteiger partial charge in [-0.05, 0) is 38.6 Å². The van der Waals surface area contributed by atoms with Crippen molar-refractivity contribution in [3.05, 3.63) is 0 Å². The molecule has 17 heavy (non-hydrogen) atoms. The molecule has 2 rings (SSSR count). The molecule has 0 saturated heterocycles. The van der Waals surface area contributed by atoms with Crippen LogP contribution in [0.25, 0.3) is 0 Å². The number of nitrogens with zero attached hydrogens (tertiary/aromatic N) is 1. The fourth-order valence-corrected chi connectivity index (χ4v) is 3.31. The van der Waals surface area contributed by atoms with Crippen LogP contribution in [0.15, 0.2) is 0 Å². The van der Waals surface area contributed by atoms with Crippen molar-refractivity contribution in [2.45, 2.75) is 76.3 Å². The van der Waals surface area contributed by atoms with Crippen molar-refractivity contribution in [1.29, 1.82) is 0 Å². The van der Waals surface area contributed by atoms with Gasteiger partial charge in [-0.15, -0.1) is 0 Å². The zero-order valence-corrected chi connectivity index (χ0v) is 11.0. The van der Waals surface area contributed by atoms with Crippen LogP contribution in [0.5, 0.6) is 0 Å². The molecule has 0 aromatic rings. The molecule has 0 aromatic carbocycles. The second kappa shape index (κ2) is 5.38. The van der Waals surface area contributed by atoms with Crippen molar-refractivity contribution < 1.29 is 9.90 Å². The first-order valence-electron chi connectivity index (χ1n) is 7.21. The number of aliphatic carboxylic acids is 1. The molecule has 0 aliphatic heterocycles. The number of carboxylic acids is 1. The zero-order valence-electron chi connectivity index (χ0n) is 11.0. The molecule has 0 amide bonds. The van der Waals surface area contributed by atoms with Crippen LogP contribution in [0.3, 0.4) is 0 Å². The van der Waals surface area contributed by atoms with E-state index in [4.69, 9.17) is 0 Å². The van der Waals surface area contributed by atoms with Crippen LogP contribution in [0.4, 0.5) is 0 Å². The first-order chi connectivity index (χ1) is 8.20. The highest BCUT2D eigenvalue weighted by Crippen LogP contribution is 2.40. The van der Waals surface area contributed by atoms with Crippen molar-refractivity contribution in [3.8, 4) is 0 Å². The lowest BCUT2D eigenvalue weighted by Gasteiger charge is -2.40. The molecular formula is C14H25NO2. The minimum absolute atomic E-state index is 0.534. The van der Waals surface area contributed by atoms with Gasteiger partial charge in [0, 0.05) is 6.04 Å². The van der Waals surface area contributed by atoms with Crippen molar-refractivity contribution in [1.82, 2.24) is 4.90 Å². The lowest BCUT2D eigenvalue weighted by atomic mass is 9.87. The third-order valence-corrected chi connectivity index (χ3v) is 4.33. The summed E-state index contributed by atoms with van der Waals surface area (Å²) in [5.41, 5.74) is -0.534. The second-order valence-corrected chi connectivity index (χ2v) is 5.68. The van der Waals surface area contributed by atoms with Crippen LogP contribution in [-0.4, -0.2) is 34.1 Å². The van der Waals surface area contributed by atoms with E-state index in [9.17, 15) is 9.90 Å². The highest BCUT2D eigenvalue weighted by atomic mass is 16.4. The Labute approximate surface area is 104 Å². The Kier molecular flexibility index (Phi) is 4.08. The third kappa shape index (κ3) is 2.65. The second-order valence-electron chi connectivity index (χ2n) is 5.68. The molecule has 98 valence electrons. The molecule has 3 nitrogen and oxygen atoms in total. The van der Waals surface area contributed by atoms with Crippen molar-refractivity contribution in [2.24, 2.45) is 0 Å². The Balaban J connectivity index is 2.19. The molecule has 0 atom stereocenters. The summed E-state index contributed by atoms with van der Waals surface area (Å²) in [6.45, 7) is 3.11. The van der Waals surface area contributed by atoms with E-state index in [-0.39, 0.29) is 0 Å². The minimum atomic E-state index is -0.570. The Bertz CT molecular complexity index is 265. The summed E-state index contributed by atoms with van der Waals surface area (Å²) in [7, 11) is 0. The molecule has 2 fully saturated rings. The summed E-state index contributed by atoms with van der Waals surface area (Å²) in [6, 6.07) is 0.559. The number of rotatable bonds is 5. The maximum atomic E-state index is 11.8. The highest BCUT2D eigenvalue weighted by Gasteiger charge is 2.48. The molecule has 2 aliphatic carbocycles. The SMILES string of the molecule is CCCN(C1CC1)C1(C(=O)O)CCCCCC1. The molecule has 0 unspecified atom stereocenters. The van der Waals surface area contributed by atoms with Crippen LogP contribution < -0.4 is 0 Å². The summed E-state index contributed by atoms with van der Waals surface area (Å²) in [5.74, 6) is -0.570. The minimum Gasteiger partial charge on any atom is -0.480 e. The Morgan fingerprint density at radius 1 is 1.24 bits per heavy atom. The predicted octanol–water partition coefficient (Wildman–Crippen LogP) is 3.04. The predicted molar refractivity (Wildman–Crippen MR) is 68.1 cm³/mol.